The number of piperazine rings is 1. The normalized spacial score (nSPS) is 18.2. The molecule has 2 saturated heterocycles. The average Bonchev–Trinajstić information content (AvgIpc) is 3.16. The summed E-state index contributed by atoms with van der Waals surface area (Å²) in [5, 5.41) is 0. The van der Waals surface area contributed by atoms with Gasteiger partial charge in [0.1, 0.15) is 11.9 Å². The summed E-state index contributed by atoms with van der Waals surface area (Å²) in [7, 11) is 0. The molecule has 0 bridgehead atoms. The highest BCUT2D eigenvalue weighted by Crippen LogP contribution is 2.16. The number of anilines is 1. The number of hydrogen-bond acceptors (Lipinski definition) is 7. The number of likely N-dealkylation sites (tertiary alicyclic amines) is 1. The quantitative estimate of drug-likeness (QED) is 0.347. The third-order valence-corrected chi connectivity index (χ3v) is 5.84. The van der Waals surface area contributed by atoms with Gasteiger partial charge in [0.25, 0.3) is 0 Å². The topological polar surface area (TPSA) is 83.1 Å². The molecule has 0 saturated carbocycles. The zero-order chi connectivity index (χ0) is 23.0. The van der Waals surface area contributed by atoms with Crippen LogP contribution in [-0.4, -0.2) is 77.9 Å². The van der Waals surface area contributed by atoms with E-state index < -0.39 is 12.1 Å². The van der Waals surface area contributed by atoms with Crippen LogP contribution in [0, 0.1) is 0 Å². The molecule has 1 atom stereocenters. The van der Waals surface area contributed by atoms with Crippen molar-refractivity contribution in [3.8, 4) is 0 Å². The molecule has 0 aliphatic carbocycles. The second-order valence-electron chi connectivity index (χ2n) is 8.18. The lowest BCUT2D eigenvalue weighted by Gasteiger charge is -2.37. The first-order chi connectivity index (χ1) is 16.1. The number of amides is 2. The molecule has 1 aromatic heterocycles. The van der Waals surface area contributed by atoms with Crippen LogP contribution in [-0.2, 0) is 19.1 Å². The summed E-state index contributed by atoms with van der Waals surface area (Å²) in [5.74, 6) is 0.0382. The molecule has 2 aromatic rings. The molecule has 0 N–H and O–H groups in total. The van der Waals surface area contributed by atoms with Gasteiger partial charge in [-0.2, -0.15) is 0 Å². The number of nitrogens with zero attached hydrogens (tertiary/aromatic N) is 4. The number of carbonyl (C=O) groups excluding carboxylic acids is 3. The molecule has 33 heavy (non-hydrogen) atoms. The van der Waals surface area contributed by atoms with E-state index in [1.807, 2.05) is 48.5 Å². The first-order valence-corrected chi connectivity index (χ1v) is 11.2. The van der Waals surface area contributed by atoms with Crippen LogP contribution in [0.1, 0.15) is 18.4 Å². The average molecular weight is 449 g/mol. The van der Waals surface area contributed by atoms with Gasteiger partial charge in [0.05, 0.1) is 6.54 Å². The molecule has 8 heteroatoms. The number of benzene rings is 1. The van der Waals surface area contributed by atoms with Crippen molar-refractivity contribution in [3.05, 3.63) is 66.4 Å². The van der Waals surface area contributed by atoms with E-state index in [1.54, 1.807) is 12.3 Å². The Balaban J connectivity index is 1.37. The van der Waals surface area contributed by atoms with Gasteiger partial charge in [-0.1, -0.05) is 36.4 Å². The number of rotatable bonds is 8. The monoisotopic (exact) mass is 448 g/mol. The second-order valence-corrected chi connectivity index (χ2v) is 8.18. The van der Waals surface area contributed by atoms with E-state index in [2.05, 4.69) is 14.8 Å². The van der Waals surface area contributed by atoms with Gasteiger partial charge in [-0.25, -0.2) is 9.78 Å². The summed E-state index contributed by atoms with van der Waals surface area (Å²) in [4.78, 5) is 46.8. The smallest absolute Gasteiger partial charge is 0.331 e. The largest absolute Gasteiger partial charge is 0.456 e. The summed E-state index contributed by atoms with van der Waals surface area (Å²) in [5.41, 5.74) is 0.890. The van der Waals surface area contributed by atoms with Crippen LogP contribution in [0.15, 0.2) is 60.8 Å². The Kier molecular flexibility index (Phi) is 7.47. The van der Waals surface area contributed by atoms with Gasteiger partial charge in [-0.05, 0) is 23.8 Å². The van der Waals surface area contributed by atoms with Gasteiger partial charge in [0, 0.05) is 57.8 Å². The van der Waals surface area contributed by atoms with Crippen LogP contribution in [0.4, 0.5) is 5.82 Å². The van der Waals surface area contributed by atoms with Crippen molar-refractivity contribution in [1.29, 1.82) is 0 Å². The molecule has 172 valence electrons. The Labute approximate surface area is 193 Å². The third kappa shape index (κ3) is 6.26. The number of hydrogen-bond donors (Lipinski definition) is 0. The van der Waals surface area contributed by atoms with E-state index in [1.165, 1.54) is 11.0 Å². The van der Waals surface area contributed by atoms with Crippen LogP contribution in [0.2, 0.25) is 0 Å². The zero-order valence-corrected chi connectivity index (χ0v) is 18.5. The summed E-state index contributed by atoms with van der Waals surface area (Å²) in [6, 6.07) is 15.3. The number of esters is 1. The van der Waals surface area contributed by atoms with Crippen LogP contribution < -0.4 is 4.90 Å². The van der Waals surface area contributed by atoms with Gasteiger partial charge in [-0.15, -0.1) is 0 Å². The standard InChI is InChI=1S/C25H28N4O4/c30-23-10-11-24(31)29(23)19-21(33-25(32)12-9-20-6-2-1-3-7-20)18-27-14-16-28(17-15-27)22-8-4-5-13-26-22/h1-9,12-13,21H,10-11,14-19H2/b12-9+. The van der Waals surface area contributed by atoms with Crippen LogP contribution in [0.5, 0.6) is 0 Å². The number of ether oxygens (including phenoxy) is 1. The minimum atomic E-state index is -0.592. The van der Waals surface area contributed by atoms with Gasteiger partial charge in [0.15, 0.2) is 0 Å². The van der Waals surface area contributed by atoms with Gasteiger partial charge in [0.2, 0.25) is 11.8 Å². The highest BCUT2D eigenvalue weighted by atomic mass is 16.5. The van der Waals surface area contributed by atoms with Crippen molar-refractivity contribution in [1.82, 2.24) is 14.8 Å². The molecule has 1 unspecified atom stereocenters. The van der Waals surface area contributed by atoms with Crippen LogP contribution in [0.3, 0.4) is 0 Å². The first-order valence-electron chi connectivity index (χ1n) is 11.2. The molecule has 2 aliphatic heterocycles. The fraction of sp³-hybridized carbons (Fsp3) is 0.360. The Morgan fingerprint density at radius 2 is 1.64 bits per heavy atom. The summed E-state index contributed by atoms with van der Waals surface area (Å²) >= 11 is 0. The predicted molar refractivity (Wildman–Crippen MR) is 124 cm³/mol. The molecule has 4 rings (SSSR count). The lowest BCUT2D eigenvalue weighted by Crippen LogP contribution is -2.51. The Bertz CT molecular complexity index is 972. The summed E-state index contributed by atoms with van der Waals surface area (Å²) in [6.45, 7) is 3.68. The zero-order valence-electron chi connectivity index (χ0n) is 18.5. The van der Waals surface area contributed by atoms with Crippen molar-refractivity contribution in [2.75, 3.05) is 44.2 Å². The molecule has 0 spiro atoms. The number of imide groups is 1. The lowest BCUT2D eigenvalue weighted by atomic mass is 10.2. The first kappa shape index (κ1) is 22.7. The molecule has 0 radical (unpaired) electrons. The molecule has 1 aromatic carbocycles. The van der Waals surface area contributed by atoms with E-state index >= 15 is 0 Å². The third-order valence-electron chi connectivity index (χ3n) is 5.84. The van der Waals surface area contributed by atoms with Crippen molar-refractivity contribution in [2.45, 2.75) is 18.9 Å². The fourth-order valence-electron chi connectivity index (χ4n) is 4.08. The van der Waals surface area contributed by atoms with Crippen molar-refractivity contribution in [3.63, 3.8) is 0 Å². The van der Waals surface area contributed by atoms with E-state index in [0.29, 0.717) is 6.54 Å². The lowest BCUT2D eigenvalue weighted by molar-refractivity contribution is -0.150. The van der Waals surface area contributed by atoms with Crippen molar-refractivity contribution in [2.24, 2.45) is 0 Å². The maximum Gasteiger partial charge on any atom is 0.331 e. The predicted octanol–water partition coefficient (Wildman–Crippen LogP) is 1.98. The fourth-order valence-corrected chi connectivity index (χ4v) is 4.08. The van der Waals surface area contributed by atoms with E-state index in [4.69, 9.17) is 4.74 Å². The Morgan fingerprint density at radius 1 is 0.939 bits per heavy atom. The van der Waals surface area contributed by atoms with Crippen molar-refractivity contribution >= 4 is 29.7 Å². The Morgan fingerprint density at radius 3 is 2.30 bits per heavy atom. The number of carbonyl (C=O) groups is 3. The molecule has 3 heterocycles. The second kappa shape index (κ2) is 10.9. The molecule has 8 nitrogen and oxygen atoms in total. The van der Waals surface area contributed by atoms with E-state index in [9.17, 15) is 14.4 Å². The van der Waals surface area contributed by atoms with E-state index in [0.717, 1.165) is 37.6 Å². The van der Waals surface area contributed by atoms with Crippen molar-refractivity contribution < 1.29 is 19.1 Å². The van der Waals surface area contributed by atoms with E-state index in [-0.39, 0.29) is 31.2 Å². The molecule has 2 fully saturated rings. The minimum Gasteiger partial charge on any atom is -0.456 e. The van der Waals surface area contributed by atoms with Gasteiger partial charge < -0.3 is 9.64 Å². The van der Waals surface area contributed by atoms with Gasteiger partial charge in [-0.3, -0.25) is 19.4 Å². The Hall–Kier alpha value is -3.52. The SMILES string of the molecule is O=C(/C=C/c1ccccc1)OC(CN1CCN(c2ccccn2)CC1)CN1C(=O)CCC1=O. The molecular formula is C25H28N4O4. The number of pyridine rings is 1. The maximum absolute atomic E-state index is 12.5. The molecule has 2 aliphatic rings. The molecular weight excluding hydrogens is 420 g/mol. The highest BCUT2D eigenvalue weighted by Gasteiger charge is 2.33. The highest BCUT2D eigenvalue weighted by molar-refractivity contribution is 6.02. The summed E-state index contributed by atoms with van der Waals surface area (Å²) in [6.07, 6.45) is 4.70. The van der Waals surface area contributed by atoms with Gasteiger partial charge >= 0.3 is 5.97 Å². The molecule has 2 amide bonds. The van der Waals surface area contributed by atoms with Crippen LogP contribution >= 0.6 is 0 Å². The number of aromatic nitrogens is 1. The summed E-state index contributed by atoms with van der Waals surface area (Å²) < 4.78 is 5.71. The minimum absolute atomic E-state index is 0.0863. The maximum atomic E-state index is 12.5. The van der Waals surface area contributed by atoms with Crippen LogP contribution in [0.25, 0.3) is 6.08 Å².